The van der Waals surface area contributed by atoms with E-state index in [0.29, 0.717) is 6.42 Å². The Kier molecular flexibility index (Phi) is 4.26. The van der Waals surface area contributed by atoms with Gasteiger partial charge in [-0.2, -0.15) is 0 Å². The average Bonchev–Trinajstić information content (AvgIpc) is 3.17. The number of nitrogens with zero attached hydrogens (tertiary/aromatic N) is 1. The van der Waals surface area contributed by atoms with Crippen molar-refractivity contribution in [3.05, 3.63) is 82.0 Å². The van der Waals surface area contributed by atoms with Crippen LogP contribution in [0.25, 0.3) is 0 Å². The predicted molar refractivity (Wildman–Crippen MR) is 100 cm³/mol. The van der Waals surface area contributed by atoms with Crippen LogP contribution in [0.2, 0.25) is 0 Å². The van der Waals surface area contributed by atoms with Crippen molar-refractivity contribution in [2.45, 2.75) is 18.6 Å². The molecular formula is C20H18N2O2S. The molecule has 0 fully saturated rings. The van der Waals surface area contributed by atoms with Crippen LogP contribution in [0.1, 0.15) is 34.6 Å². The van der Waals surface area contributed by atoms with Crippen molar-refractivity contribution in [2.24, 2.45) is 4.99 Å². The molecule has 0 radical (unpaired) electrons. The lowest BCUT2D eigenvalue weighted by Crippen LogP contribution is -2.32. The van der Waals surface area contributed by atoms with Crippen molar-refractivity contribution in [3.63, 3.8) is 0 Å². The van der Waals surface area contributed by atoms with Gasteiger partial charge in [-0.3, -0.25) is 10.3 Å². The first-order chi connectivity index (χ1) is 12.2. The second kappa shape index (κ2) is 6.70. The van der Waals surface area contributed by atoms with Gasteiger partial charge in [0.15, 0.2) is 0 Å². The van der Waals surface area contributed by atoms with E-state index in [-0.39, 0.29) is 23.7 Å². The maximum atomic E-state index is 10.3. The Labute approximate surface area is 150 Å². The van der Waals surface area contributed by atoms with Gasteiger partial charge in [0.1, 0.15) is 17.7 Å². The largest absolute Gasteiger partial charge is 0.508 e. The second-order valence-corrected chi connectivity index (χ2v) is 6.97. The number of nitrogens with one attached hydrogen (secondary N) is 1. The number of phenolic OH excluding ortho intramolecular Hbond substituents is 2. The molecule has 2 aromatic carbocycles. The normalized spacial score (nSPS) is 20.2. The number of phenols is 2. The fourth-order valence-corrected chi connectivity index (χ4v) is 3.88. The molecule has 4 nitrogen and oxygen atoms in total. The number of benzene rings is 2. The van der Waals surface area contributed by atoms with Gasteiger partial charge < -0.3 is 10.2 Å². The van der Waals surface area contributed by atoms with Gasteiger partial charge in [-0.25, -0.2) is 0 Å². The fraction of sp³-hybridized carbons (Fsp3) is 0.150. The minimum Gasteiger partial charge on any atom is -0.508 e. The molecule has 2 heterocycles. The van der Waals surface area contributed by atoms with Gasteiger partial charge in [0, 0.05) is 28.5 Å². The van der Waals surface area contributed by atoms with Crippen LogP contribution in [0, 0.1) is 0 Å². The number of hydrogen-bond donors (Lipinski definition) is 3. The molecule has 0 saturated carbocycles. The van der Waals surface area contributed by atoms with Crippen LogP contribution in [0.15, 0.2) is 71.0 Å². The zero-order valence-electron chi connectivity index (χ0n) is 13.5. The Morgan fingerprint density at radius 3 is 2.40 bits per heavy atom. The summed E-state index contributed by atoms with van der Waals surface area (Å²) in [5.74, 6) is 0.493. The third kappa shape index (κ3) is 3.16. The van der Waals surface area contributed by atoms with E-state index in [4.69, 9.17) is 4.99 Å². The molecule has 126 valence electrons. The van der Waals surface area contributed by atoms with Gasteiger partial charge in [0.05, 0.1) is 5.71 Å². The van der Waals surface area contributed by atoms with E-state index < -0.39 is 0 Å². The molecule has 0 spiro atoms. The molecule has 2 unspecified atom stereocenters. The number of para-hydroxylation sites is 2. The maximum absolute atomic E-state index is 10.3. The third-order valence-electron chi connectivity index (χ3n) is 4.38. The molecule has 4 rings (SSSR count). The summed E-state index contributed by atoms with van der Waals surface area (Å²) in [5, 5.41) is 26.0. The zero-order chi connectivity index (χ0) is 17.2. The van der Waals surface area contributed by atoms with Crippen LogP contribution in [0.4, 0.5) is 0 Å². The molecule has 0 amide bonds. The van der Waals surface area contributed by atoms with Crippen LogP contribution >= 0.6 is 11.3 Å². The van der Waals surface area contributed by atoms with Crippen molar-refractivity contribution in [3.8, 4) is 11.5 Å². The molecule has 25 heavy (non-hydrogen) atoms. The molecule has 3 N–H and O–H groups in total. The summed E-state index contributed by atoms with van der Waals surface area (Å²) in [6.07, 6.45) is 0.393. The minimum atomic E-state index is -0.201. The van der Waals surface area contributed by atoms with Crippen molar-refractivity contribution < 1.29 is 10.2 Å². The van der Waals surface area contributed by atoms with Gasteiger partial charge in [-0.1, -0.05) is 36.4 Å². The van der Waals surface area contributed by atoms with Gasteiger partial charge in [0.2, 0.25) is 0 Å². The average molecular weight is 350 g/mol. The molecular weight excluding hydrogens is 332 g/mol. The second-order valence-electron chi connectivity index (χ2n) is 5.99. The van der Waals surface area contributed by atoms with E-state index in [2.05, 4.69) is 5.32 Å². The van der Waals surface area contributed by atoms with E-state index in [1.54, 1.807) is 29.5 Å². The van der Waals surface area contributed by atoms with Crippen molar-refractivity contribution in [1.82, 2.24) is 5.32 Å². The minimum absolute atomic E-state index is 0.0830. The monoisotopic (exact) mass is 350 g/mol. The maximum Gasteiger partial charge on any atom is 0.135 e. The van der Waals surface area contributed by atoms with Crippen molar-refractivity contribution in [2.75, 3.05) is 0 Å². The lowest BCUT2D eigenvalue weighted by atomic mass is 9.94. The third-order valence-corrected chi connectivity index (χ3v) is 5.31. The Balaban J connectivity index is 1.77. The smallest absolute Gasteiger partial charge is 0.135 e. The number of aliphatic imine (C=N–C) groups is 1. The van der Waals surface area contributed by atoms with E-state index in [1.807, 2.05) is 47.8 Å². The van der Waals surface area contributed by atoms with Gasteiger partial charge in [-0.05, 0) is 29.6 Å². The first kappa shape index (κ1) is 15.9. The Morgan fingerprint density at radius 1 is 0.920 bits per heavy atom. The number of aromatic hydroxyl groups is 2. The summed E-state index contributed by atoms with van der Waals surface area (Å²) in [4.78, 5) is 5.94. The van der Waals surface area contributed by atoms with Crippen molar-refractivity contribution >= 4 is 17.0 Å². The van der Waals surface area contributed by atoms with Gasteiger partial charge >= 0.3 is 0 Å². The number of rotatable bonds is 3. The highest BCUT2D eigenvalue weighted by atomic mass is 32.1. The SMILES string of the molecule is Oc1ccccc1C1=NC(c2cccs2)NC(c2ccccc2O)C1. The highest BCUT2D eigenvalue weighted by molar-refractivity contribution is 7.10. The fourth-order valence-electron chi connectivity index (χ4n) is 3.16. The zero-order valence-corrected chi connectivity index (χ0v) is 14.3. The molecule has 0 saturated heterocycles. The number of thiophene rings is 1. The Bertz CT molecular complexity index is 906. The molecule has 1 aliphatic rings. The summed E-state index contributed by atoms with van der Waals surface area (Å²) in [5.41, 5.74) is 2.42. The highest BCUT2D eigenvalue weighted by Gasteiger charge is 2.28. The molecule has 5 heteroatoms. The van der Waals surface area contributed by atoms with Crippen LogP contribution in [0.5, 0.6) is 11.5 Å². The molecule has 0 bridgehead atoms. The summed E-state index contributed by atoms with van der Waals surface area (Å²) < 4.78 is 0. The van der Waals surface area contributed by atoms with Gasteiger partial charge in [-0.15, -0.1) is 11.3 Å². The molecule has 1 aromatic heterocycles. The summed E-state index contributed by atoms with van der Waals surface area (Å²) >= 11 is 1.64. The lowest BCUT2D eigenvalue weighted by Gasteiger charge is -2.30. The summed E-state index contributed by atoms with van der Waals surface area (Å²) in [6.45, 7) is 0. The van der Waals surface area contributed by atoms with Crippen LogP contribution < -0.4 is 5.32 Å². The number of hydrogen-bond acceptors (Lipinski definition) is 5. The molecule has 3 aromatic rings. The van der Waals surface area contributed by atoms with Crippen LogP contribution in [0.3, 0.4) is 0 Å². The van der Waals surface area contributed by atoms with Crippen LogP contribution in [-0.4, -0.2) is 15.9 Å². The molecule has 0 aliphatic carbocycles. The molecule has 1 aliphatic heterocycles. The summed E-state index contributed by atoms with van der Waals surface area (Å²) in [6, 6.07) is 18.6. The Morgan fingerprint density at radius 2 is 1.68 bits per heavy atom. The van der Waals surface area contributed by atoms with Crippen molar-refractivity contribution in [1.29, 1.82) is 0 Å². The molecule has 2 atom stereocenters. The van der Waals surface area contributed by atoms with E-state index >= 15 is 0 Å². The van der Waals surface area contributed by atoms with E-state index in [0.717, 1.165) is 21.7 Å². The first-order valence-electron chi connectivity index (χ1n) is 8.15. The summed E-state index contributed by atoms with van der Waals surface area (Å²) in [7, 11) is 0. The van der Waals surface area contributed by atoms with Crippen LogP contribution in [-0.2, 0) is 0 Å². The highest BCUT2D eigenvalue weighted by Crippen LogP contribution is 2.36. The lowest BCUT2D eigenvalue weighted by molar-refractivity contribution is 0.414. The standard InChI is InChI=1S/C20H18N2O2S/c23-17-8-3-1-6-13(17)15-12-16(14-7-2-4-9-18(14)24)22-20(21-15)19-10-5-11-25-19/h1-11,15,20-21,23-24H,12H2. The predicted octanol–water partition coefficient (Wildman–Crippen LogP) is 4.38. The quantitative estimate of drug-likeness (QED) is 0.657. The Hall–Kier alpha value is -2.63. The van der Waals surface area contributed by atoms with Gasteiger partial charge in [0.25, 0.3) is 0 Å². The topological polar surface area (TPSA) is 64.9 Å². The first-order valence-corrected chi connectivity index (χ1v) is 9.03. The van der Waals surface area contributed by atoms with E-state index in [1.165, 1.54) is 0 Å². The van der Waals surface area contributed by atoms with E-state index in [9.17, 15) is 10.2 Å².